The molecule has 0 spiro atoms. The van der Waals surface area contributed by atoms with Gasteiger partial charge in [-0.1, -0.05) is 61.0 Å². The third kappa shape index (κ3) is 3.43. The third-order valence-electron chi connectivity index (χ3n) is 6.53. The second kappa shape index (κ2) is 8.35. The van der Waals surface area contributed by atoms with E-state index in [1.807, 2.05) is 37.3 Å². The molecule has 1 fully saturated rings. The first kappa shape index (κ1) is 21.2. The van der Waals surface area contributed by atoms with E-state index in [1.54, 1.807) is 23.5 Å². The van der Waals surface area contributed by atoms with Crippen molar-refractivity contribution in [3.05, 3.63) is 92.6 Å². The molecule has 0 radical (unpaired) electrons. The van der Waals surface area contributed by atoms with Crippen LogP contribution in [0.5, 0.6) is 0 Å². The highest BCUT2D eigenvalue weighted by atomic mass is 35.5. The normalized spacial score (nSPS) is 23.3. The molecule has 164 valence electrons. The number of amides is 3. The molecule has 5 nitrogen and oxygen atoms in total. The quantitative estimate of drug-likeness (QED) is 0.529. The Balaban J connectivity index is 1.48. The average Bonchev–Trinajstić information content (AvgIpc) is 3.38. The van der Waals surface area contributed by atoms with E-state index in [2.05, 4.69) is 33.8 Å². The molecule has 2 aromatic carbocycles. The number of urea groups is 1. The summed E-state index contributed by atoms with van der Waals surface area (Å²) in [6.45, 7) is 2.93. The van der Waals surface area contributed by atoms with Crippen LogP contribution >= 0.6 is 22.9 Å². The van der Waals surface area contributed by atoms with Crippen molar-refractivity contribution in [2.75, 3.05) is 13.2 Å². The number of thiophene rings is 1. The topological polar surface area (TPSA) is 52.7 Å². The van der Waals surface area contributed by atoms with Crippen molar-refractivity contribution < 1.29 is 9.59 Å². The zero-order chi connectivity index (χ0) is 22.3. The lowest BCUT2D eigenvalue weighted by molar-refractivity contribution is -0.133. The number of hydrogen-bond donors (Lipinski definition) is 1. The maximum absolute atomic E-state index is 13.7. The molecule has 5 rings (SSSR count). The molecule has 3 amide bonds. The van der Waals surface area contributed by atoms with Crippen LogP contribution in [0.15, 0.2) is 66.0 Å². The summed E-state index contributed by atoms with van der Waals surface area (Å²) in [5.74, 6) is -0.227. The Morgan fingerprint density at radius 1 is 1.12 bits per heavy atom. The van der Waals surface area contributed by atoms with E-state index in [-0.39, 0.29) is 24.6 Å². The number of benzene rings is 2. The Kier molecular flexibility index (Phi) is 5.53. The van der Waals surface area contributed by atoms with Crippen LogP contribution in [0.25, 0.3) is 0 Å². The van der Waals surface area contributed by atoms with Crippen LogP contribution in [-0.2, 0) is 16.8 Å². The van der Waals surface area contributed by atoms with Crippen molar-refractivity contribution in [3.8, 4) is 0 Å². The van der Waals surface area contributed by atoms with Crippen molar-refractivity contribution in [1.29, 1.82) is 0 Å². The maximum atomic E-state index is 13.7. The first-order chi connectivity index (χ1) is 15.5. The van der Waals surface area contributed by atoms with Gasteiger partial charge >= 0.3 is 6.03 Å². The summed E-state index contributed by atoms with van der Waals surface area (Å²) >= 11 is 7.97. The smallest absolute Gasteiger partial charge is 0.319 e. The zero-order valence-corrected chi connectivity index (χ0v) is 19.3. The SMILES string of the molecule is CC[C@@]1(c2cccc(Cl)c2)NC(=O)N(CN2CCc3sccc3[C@@H]2c2ccccc2)C1=O. The minimum atomic E-state index is -1.09. The van der Waals surface area contributed by atoms with Crippen LogP contribution in [0.3, 0.4) is 0 Å². The molecule has 32 heavy (non-hydrogen) atoms. The molecular weight excluding hydrogens is 442 g/mol. The van der Waals surface area contributed by atoms with Gasteiger partial charge in [-0.05, 0) is 53.1 Å². The zero-order valence-electron chi connectivity index (χ0n) is 17.8. The molecule has 0 aliphatic carbocycles. The first-order valence-corrected chi connectivity index (χ1v) is 12.0. The van der Waals surface area contributed by atoms with Crippen molar-refractivity contribution in [3.63, 3.8) is 0 Å². The minimum absolute atomic E-state index is 0.00889. The van der Waals surface area contributed by atoms with Gasteiger partial charge < -0.3 is 5.32 Å². The van der Waals surface area contributed by atoms with Gasteiger partial charge in [-0.15, -0.1) is 11.3 Å². The van der Waals surface area contributed by atoms with E-state index >= 15 is 0 Å². The maximum Gasteiger partial charge on any atom is 0.326 e. The number of hydrogen-bond acceptors (Lipinski definition) is 4. The molecule has 2 aliphatic rings. The summed E-state index contributed by atoms with van der Waals surface area (Å²) < 4.78 is 0. The number of carbonyl (C=O) groups excluding carboxylic acids is 2. The van der Waals surface area contributed by atoms with Crippen LogP contribution in [0.2, 0.25) is 5.02 Å². The number of halogens is 1. The minimum Gasteiger partial charge on any atom is -0.319 e. The van der Waals surface area contributed by atoms with Crippen molar-refractivity contribution >= 4 is 34.9 Å². The highest BCUT2D eigenvalue weighted by molar-refractivity contribution is 7.10. The van der Waals surface area contributed by atoms with Gasteiger partial charge in [0.1, 0.15) is 5.54 Å². The van der Waals surface area contributed by atoms with Gasteiger partial charge in [0, 0.05) is 16.4 Å². The molecule has 3 aromatic rings. The molecule has 2 atom stereocenters. The first-order valence-electron chi connectivity index (χ1n) is 10.8. The van der Waals surface area contributed by atoms with Gasteiger partial charge in [0.15, 0.2) is 0 Å². The molecule has 7 heteroatoms. The van der Waals surface area contributed by atoms with Crippen LogP contribution in [-0.4, -0.2) is 35.0 Å². The molecule has 0 saturated carbocycles. The van der Waals surface area contributed by atoms with Crippen LogP contribution in [0.4, 0.5) is 4.79 Å². The Hall–Kier alpha value is -2.67. The molecule has 1 N–H and O–H groups in total. The number of imide groups is 1. The summed E-state index contributed by atoms with van der Waals surface area (Å²) in [5, 5.41) is 5.64. The molecular formula is C25H24ClN3O2S. The summed E-state index contributed by atoms with van der Waals surface area (Å²) in [7, 11) is 0. The standard InChI is InChI=1S/C25H24ClN3O2S/c1-2-25(18-9-6-10-19(26)15-18)23(30)29(24(31)27-25)16-28-13-11-21-20(12-14-32-21)22(28)17-7-4-3-5-8-17/h3-10,12,14-15,22H,2,11,13,16H2,1H3,(H,27,31)/t22-,25-/m0/s1. The second-order valence-corrected chi connectivity index (χ2v) is 9.69. The fourth-order valence-corrected chi connectivity index (χ4v) is 5.97. The molecule has 0 unspecified atom stereocenters. The van der Waals surface area contributed by atoms with Gasteiger partial charge in [-0.2, -0.15) is 0 Å². The van der Waals surface area contributed by atoms with E-state index in [0.717, 1.165) is 18.5 Å². The lowest BCUT2D eigenvalue weighted by Crippen LogP contribution is -2.47. The third-order valence-corrected chi connectivity index (χ3v) is 7.76. The van der Waals surface area contributed by atoms with E-state index < -0.39 is 5.54 Å². The monoisotopic (exact) mass is 465 g/mol. The summed E-state index contributed by atoms with van der Waals surface area (Å²) in [4.78, 5) is 31.7. The number of carbonyl (C=O) groups is 2. The molecule has 3 heterocycles. The average molecular weight is 466 g/mol. The van der Waals surface area contributed by atoms with Gasteiger partial charge in [0.2, 0.25) is 0 Å². The second-order valence-electron chi connectivity index (χ2n) is 8.25. The van der Waals surface area contributed by atoms with E-state index in [0.29, 0.717) is 17.0 Å². The number of rotatable bonds is 5. The Morgan fingerprint density at radius 3 is 2.69 bits per heavy atom. The number of nitrogens with zero attached hydrogens (tertiary/aromatic N) is 2. The van der Waals surface area contributed by atoms with Crippen molar-refractivity contribution in [1.82, 2.24) is 15.1 Å². The van der Waals surface area contributed by atoms with E-state index in [4.69, 9.17) is 11.6 Å². The highest BCUT2D eigenvalue weighted by Crippen LogP contribution is 2.39. The highest BCUT2D eigenvalue weighted by Gasteiger charge is 2.52. The fraction of sp³-hybridized carbons (Fsp3) is 0.280. The number of nitrogens with one attached hydrogen (secondary N) is 1. The molecule has 1 aromatic heterocycles. The van der Waals surface area contributed by atoms with Crippen molar-refractivity contribution in [2.24, 2.45) is 0 Å². The number of fused-ring (bicyclic) bond motifs is 1. The van der Waals surface area contributed by atoms with Crippen LogP contribution in [0, 0.1) is 0 Å². The van der Waals surface area contributed by atoms with E-state index in [1.165, 1.54) is 15.3 Å². The van der Waals surface area contributed by atoms with Gasteiger partial charge in [0.05, 0.1) is 12.7 Å². The van der Waals surface area contributed by atoms with Crippen molar-refractivity contribution in [2.45, 2.75) is 31.3 Å². The van der Waals surface area contributed by atoms with Crippen LogP contribution < -0.4 is 5.32 Å². The Bertz CT molecular complexity index is 1160. The predicted molar refractivity (Wildman–Crippen MR) is 127 cm³/mol. The lowest BCUT2D eigenvalue weighted by Gasteiger charge is -2.38. The van der Waals surface area contributed by atoms with Gasteiger partial charge in [-0.25, -0.2) is 9.69 Å². The lowest BCUT2D eigenvalue weighted by atomic mass is 9.87. The fourth-order valence-electron chi connectivity index (χ4n) is 4.88. The summed E-state index contributed by atoms with van der Waals surface area (Å²) in [5.41, 5.74) is 2.05. The van der Waals surface area contributed by atoms with E-state index in [9.17, 15) is 9.59 Å². The predicted octanol–water partition coefficient (Wildman–Crippen LogP) is 5.16. The Labute approximate surface area is 196 Å². The van der Waals surface area contributed by atoms with Gasteiger partial charge in [-0.3, -0.25) is 9.69 Å². The molecule has 1 saturated heterocycles. The summed E-state index contributed by atoms with van der Waals surface area (Å²) in [6, 6.07) is 19.3. The summed E-state index contributed by atoms with van der Waals surface area (Å²) in [6.07, 6.45) is 1.36. The largest absolute Gasteiger partial charge is 0.326 e. The van der Waals surface area contributed by atoms with Crippen LogP contribution in [0.1, 0.15) is 41.0 Å². The molecule has 0 bridgehead atoms. The Morgan fingerprint density at radius 2 is 1.94 bits per heavy atom. The molecule has 2 aliphatic heterocycles. The van der Waals surface area contributed by atoms with Gasteiger partial charge in [0.25, 0.3) is 5.91 Å².